The van der Waals surface area contributed by atoms with Crippen molar-refractivity contribution in [3.63, 3.8) is 0 Å². The summed E-state index contributed by atoms with van der Waals surface area (Å²) in [6.45, 7) is 5.12. The molecule has 2 nitrogen and oxygen atoms in total. The van der Waals surface area contributed by atoms with Gasteiger partial charge in [-0.15, -0.1) is 0 Å². The van der Waals surface area contributed by atoms with Crippen LogP contribution in [0.4, 0.5) is 0 Å². The monoisotopic (exact) mass is 281 g/mol. The predicted octanol–water partition coefficient (Wildman–Crippen LogP) is 4.06. The van der Waals surface area contributed by atoms with Gasteiger partial charge in [-0.25, -0.2) is 0 Å². The maximum atomic E-state index is 6.47. The standard InChI is InChI=1S/C19H23NO/c1-13(2)14-7-9-15(10-8-14)19(20)17-11-16-5-3-4-6-18(16)21-12-17/h3-10,13,17,19H,11-12,20H2,1-2H3. The zero-order valence-corrected chi connectivity index (χ0v) is 12.8. The molecule has 0 aromatic heterocycles. The van der Waals surface area contributed by atoms with Crippen LogP contribution in [0.5, 0.6) is 5.75 Å². The molecule has 1 aliphatic rings. The molecule has 0 aliphatic carbocycles. The van der Waals surface area contributed by atoms with E-state index < -0.39 is 0 Å². The van der Waals surface area contributed by atoms with Crippen LogP contribution in [-0.2, 0) is 6.42 Å². The molecule has 2 heteroatoms. The minimum Gasteiger partial charge on any atom is -0.493 e. The van der Waals surface area contributed by atoms with Gasteiger partial charge in [0.15, 0.2) is 0 Å². The van der Waals surface area contributed by atoms with Crippen LogP contribution in [-0.4, -0.2) is 6.61 Å². The maximum Gasteiger partial charge on any atom is 0.122 e. The normalized spacial score (nSPS) is 19.0. The van der Waals surface area contributed by atoms with Crippen molar-refractivity contribution in [2.75, 3.05) is 6.61 Å². The van der Waals surface area contributed by atoms with Crippen molar-refractivity contribution in [2.45, 2.75) is 32.2 Å². The zero-order valence-electron chi connectivity index (χ0n) is 12.8. The third-order valence-electron chi connectivity index (χ3n) is 4.40. The highest BCUT2D eigenvalue weighted by Crippen LogP contribution is 2.32. The fourth-order valence-electron chi connectivity index (χ4n) is 2.96. The molecule has 2 N–H and O–H groups in total. The summed E-state index contributed by atoms with van der Waals surface area (Å²) in [4.78, 5) is 0. The fourth-order valence-corrected chi connectivity index (χ4v) is 2.96. The van der Waals surface area contributed by atoms with Crippen LogP contribution in [0, 0.1) is 5.92 Å². The van der Waals surface area contributed by atoms with Crippen LogP contribution in [0.1, 0.15) is 42.5 Å². The average Bonchev–Trinajstić information content (AvgIpc) is 2.54. The zero-order chi connectivity index (χ0) is 14.8. The molecule has 2 aromatic rings. The first-order valence-electron chi connectivity index (χ1n) is 7.71. The van der Waals surface area contributed by atoms with E-state index >= 15 is 0 Å². The molecule has 0 saturated carbocycles. The smallest absolute Gasteiger partial charge is 0.122 e. The van der Waals surface area contributed by atoms with Crippen molar-refractivity contribution in [3.8, 4) is 5.75 Å². The van der Waals surface area contributed by atoms with Gasteiger partial charge in [-0.05, 0) is 35.1 Å². The summed E-state index contributed by atoms with van der Waals surface area (Å²) in [6.07, 6.45) is 0.989. The maximum absolute atomic E-state index is 6.47. The van der Waals surface area contributed by atoms with Crippen molar-refractivity contribution < 1.29 is 4.74 Å². The van der Waals surface area contributed by atoms with E-state index in [-0.39, 0.29) is 6.04 Å². The lowest BCUT2D eigenvalue weighted by Gasteiger charge is -2.30. The van der Waals surface area contributed by atoms with Crippen molar-refractivity contribution in [2.24, 2.45) is 11.7 Å². The Morgan fingerprint density at radius 3 is 2.38 bits per heavy atom. The van der Waals surface area contributed by atoms with Crippen LogP contribution in [0.2, 0.25) is 0 Å². The molecule has 0 bridgehead atoms. The molecule has 110 valence electrons. The van der Waals surface area contributed by atoms with Crippen molar-refractivity contribution >= 4 is 0 Å². The molecule has 21 heavy (non-hydrogen) atoms. The summed E-state index contributed by atoms with van der Waals surface area (Å²) in [7, 11) is 0. The summed E-state index contributed by atoms with van der Waals surface area (Å²) in [5.74, 6) is 1.90. The first kappa shape index (κ1) is 14.2. The highest BCUT2D eigenvalue weighted by atomic mass is 16.5. The summed E-state index contributed by atoms with van der Waals surface area (Å²) in [5.41, 5.74) is 10.3. The van der Waals surface area contributed by atoms with E-state index in [9.17, 15) is 0 Å². The van der Waals surface area contributed by atoms with Crippen LogP contribution < -0.4 is 10.5 Å². The van der Waals surface area contributed by atoms with E-state index in [1.54, 1.807) is 0 Å². The third kappa shape index (κ3) is 2.96. The summed E-state index contributed by atoms with van der Waals surface area (Å²) < 4.78 is 5.86. The molecule has 0 saturated heterocycles. The Hall–Kier alpha value is -1.80. The van der Waals surface area contributed by atoms with Crippen LogP contribution >= 0.6 is 0 Å². The number of ether oxygens (including phenoxy) is 1. The Morgan fingerprint density at radius 2 is 1.67 bits per heavy atom. The SMILES string of the molecule is CC(C)c1ccc(C(N)C2COc3ccccc3C2)cc1. The lowest BCUT2D eigenvalue weighted by atomic mass is 9.86. The highest BCUT2D eigenvalue weighted by Gasteiger charge is 2.26. The predicted molar refractivity (Wildman–Crippen MR) is 86.6 cm³/mol. The van der Waals surface area contributed by atoms with Gasteiger partial charge < -0.3 is 10.5 Å². The van der Waals surface area contributed by atoms with Gasteiger partial charge in [-0.1, -0.05) is 56.3 Å². The largest absolute Gasteiger partial charge is 0.493 e. The molecule has 2 atom stereocenters. The third-order valence-corrected chi connectivity index (χ3v) is 4.40. The Morgan fingerprint density at radius 1 is 1.00 bits per heavy atom. The fraction of sp³-hybridized carbons (Fsp3) is 0.368. The second kappa shape index (κ2) is 5.90. The topological polar surface area (TPSA) is 35.2 Å². The molecule has 3 rings (SSSR count). The van der Waals surface area contributed by atoms with Gasteiger partial charge in [0.2, 0.25) is 0 Å². The van der Waals surface area contributed by atoms with Crippen molar-refractivity contribution in [1.29, 1.82) is 0 Å². The van der Waals surface area contributed by atoms with E-state index in [0.29, 0.717) is 18.4 Å². The van der Waals surface area contributed by atoms with Gasteiger partial charge in [-0.3, -0.25) is 0 Å². The minimum atomic E-state index is 0.0274. The molecule has 1 heterocycles. The van der Waals surface area contributed by atoms with Gasteiger partial charge in [0, 0.05) is 12.0 Å². The molecular weight excluding hydrogens is 258 g/mol. The van der Waals surface area contributed by atoms with E-state index in [4.69, 9.17) is 10.5 Å². The number of rotatable bonds is 3. The number of fused-ring (bicyclic) bond motifs is 1. The second-order valence-corrected chi connectivity index (χ2v) is 6.23. The van der Waals surface area contributed by atoms with Gasteiger partial charge in [0.1, 0.15) is 5.75 Å². The number of hydrogen-bond donors (Lipinski definition) is 1. The molecule has 0 spiro atoms. The van der Waals surface area contributed by atoms with E-state index in [1.165, 1.54) is 16.7 Å². The number of benzene rings is 2. The lowest BCUT2D eigenvalue weighted by molar-refractivity contribution is 0.200. The summed E-state index contributed by atoms with van der Waals surface area (Å²) in [5, 5.41) is 0. The van der Waals surface area contributed by atoms with E-state index in [1.807, 2.05) is 12.1 Å². The number of nitrogens with two attached hydrogens (primary N) is 1. The molecule has 2 unspecified atom stereocenters. The Bertz CT molecular complexity index is 603. The quantitative estimate of drug-likeness (QED) is 0.920. The van der Waals surface area contributed by atoms with Crippen molar-refractivity contribution in [1.82, 2.24) is 0 Å². The molecular formula is C19H23NO. The molecule has 0 radical (unpaired) electrons. The van der Waals surface area contributed by atoms with Gasteiger partial charge in [0.05, 0.1) is 6.61 Å². The number of hydrogen-bond acceptors (Lipinski definition) is 2. The molecule has 1 aliphatic heterocycles. The minimum absolute atomic E-state index is 0.0274. The Balaban J connectivity index is 1.75. The Kier molecular flexibility index (Phi) is 3.98. The molecule has 2 aromatic carbocycles. The Labute approximate surface area is 126 Å². The highest BCUT2D eigenvalue weighted by molar-refractivity contribution is 5.36. The molecule has 0 amide bonds. The first-order valence-corrected chi connectivity index (χ1v) is 7.71. The average molecular weight is 281 g/mol. The van der Waals surface area contributed by atoms with Gasteiger partial charge >= 0.3 is 0 Å². The summed E-state index contributed by atoms with van der Waals surface area (Å²) >= 11 is 0. The second-order valence-electron chi connectivity index (χ2n) is 6.23. The van der Waals surface area contributed by atoms with E-state index in [0.717, 1.165) is 12.2 Å². The van der Waals surface area contributed by atoms with E-state index in [2.05, 4.69) is 50.2 Å². The first-order chi connectivity index (χ1) is 10.1. The van der Waals surface area contributed by atoms with Crippen LogP contribution in [0.25, 0.3) is 0 Å². The van der Waals surface area contributed by atoms with Gasteiger partial charge in [-0.2, -0.15) is 0 Å². The molecule has 0 fully saturated rings. The summed E-state index contributed by atoms with van der Waals surface area (Å²) in [6, 6.07) is 17.0. The van der Waals surface area contributed by atoms with Crippen LogP contribution in [0.15, 0.2) is 48.5 Å². The number of para-hydroxylation sites is 1. The van der Waals surface area contributed by atoms with Crippen molar-refractivity contribution in [3.05, 3.63) is 65.2 Å². The van der Waals surface area contributed by atoms with Gasteiger partial charge in [0.25, 0.3) is 0 Å². The lowest BCUT2D eigenvalue weighted by Crippen LogP contribution is -2.31. The van der Waals surface area contributed by atoms with Crippen LogP contribution in [0.3, 0.4) is 0 Å².